The first-order valence-corrected chi connectivity index (χ1v) is 6.87. The predicted octanol–water partition coefficient (Wildman–Crippen LogP) is 1.96. The van der Waals surface area contributed by atoms with Crippen LogP contribution in [0.5, 0.6) is 0 Å². The summed E-state index contributed by atoms with van der Waals surface area (Å²) in [6, 6.07) is 3.85. The van der Waals surface area contributed by atoms with Crippen LogP contribution in [0.15, 0.2) is 35.5 Å². The summed E-state index contributed by atoms with van der Waals surface area (Å²) in [6.07, 6.45) is 9.27. The van der Waals surface area contributed by atoms with E-state index >= 15 is 0 Å². The van der Waals surface area contributed by atoms with Crippen molar-refractivity contribution in [1.82, 2.24) is 19.6 Å². The molecule has 5 heteroatoms. The second-order valence-electron chi connectivity index (χ2n) is 5.13. The summed E-state index contributed by atoms with van der Waals surface area (Å²) in [7, 11) is 0. The number of rotatable bonds is 1. The molecule has 1 aliphatic carbocycles. The molecule has 100 valence electrons. The van der Waals surface area contributed by atoms with Crippen molar-refractivity contribution in [3.8, 4) is 11.1 Å². The molecule has 3 aromatic heterocycles. The zero-order chi connectivity index (χ0) is 13.5. The van der Waals surface area contributed by atoms with Crippen LogP contribution >= 0.6 is 0 Å². The number of nitrogens with one attached hydrogen (secondary N) is 1. The van der Waals surface area contributed by atoms with Gasteiger partial charge in [-0.1, -0.05) is 0 Å². The maximum absolute atomic E-state index is 12.5. The van der Waals surface area contributed by atoms with Crippen LogP contribution in [0.2, 0.25) is 0 Å². The summed E-state index contributed by atoms with van der Waals surface area (Å²) in [6.45, 7) is 0. The lowest BCUT2D eigenvalue weighted by Crippen LogP contribution is -2.24. The third-order valence-corrected chi connectivity index (χ3v) is 3.92. The lowest BCUT2D eigenvalue weighted by atomic mass is 9.97. The fourth-order valence-corrected chi connectivity index (χ4v) is 2.89. The smallest absolute Gasteiger partial charge is 0.276 e. The van der Waals surface area contributed by atoms with E-state index in [9.17, 15) is 4.79 Å². The van der Waals surface area contributed by atoms with Gasteiger partial charge in [0.2, 0.25) is 0 Å². The van der Waals surface area contributed by atoms with E-state index in [2.05, 4.69) is 10.1 Å². The summed E-state index contributed by atoms with van der Waals surface area (Å²) >= 11 is 0. The van der Waals surface area contributed by atoms with E-state index in [1.54, 1.807) is 16.9 Å². The van der Waals surface area contributed by atoms with Gasteiger partial charge in [-0.15, -0.1) is 0 Å². The highest BCUT2D eigenvalue weighted by Gasteiger charge is 2.19. The SMILES string of the molecule is O=c1c2c(nc3c(-c4ccncc4)c[nH]n13)CCCC2. The highest BCUT2D eigenvalue weighted by atomic mass is 16.1. The van der Waals surface area contributed by atoms with Gasteiger partial charge in [0.1, 0.15) is 0 Å². The molecule has 3 aromatic rings. The Labute approximate surface area is 115 Å². The number of H-pyrrole nitrogens is 1. The second kappa shape index (κ2) is 4.30. The molecule has 0 radical (unpaired) electrons. The third-order valence-electron chi connectivity index (χ3n) is 3.92. The minimum atomic E-state index is 0.0463. The number of nitrogens with zero attached hydrogens (tertiary/aromatic N) is 3. The van der Waals surface area contributed by atoms with Crippen molar-refractivity contribution < 1.29 is 0 Å². The second-order valence-corrected chi connectivity index (χ2v) is 5.13. The molecule has 0 aromatic carbocycles. The molecule has 0 fully saturated rings. The molecule has 1 aliphatic rings. The fourth-order valence-electron chi connectivity index (χ4n) is 2.89. The topological polar surface area (TPSA) is 63.0 Å². The number of aromatic nitrogens is 4. The van der Waals surface area contributed by atoms with E-state index in [-0.39, 0.29) is 5.56 Å². The van der Waals surface area contributed by atoms with E-state index in [4.69, 9.17) is 4.98 Å². The quantitative estimate of drug-likeness (QED) is 0.732. The molecule has 5 nitrogen and oxygen atoms in total. The van der Waals surface area contributed by atoms with Crippen molar-refractivity contribution in [1.29, 1.82) is 0 Å². The first kappa shape index (κ1) is 11.4. The molecule has 0 atom stereocenters. The van der Waals surface area contributed by atoms with Crippen molar-refractivity contribution in [3.05, 3.63) is 52.3 Å². The van der Waals surface area contributed by atoms with Crippen LogP contribution in [0.25, 0.3) is 16.8 Å². The first-order valence-electron chi connectivity index (χ1n) is 6.87. The summed E-state index contributed by atoms with van der Waals surface area (Å²) in [4.78, 5) is 21.2. The number of hydrogen-bond donors (Lipinski definition) is 1. The van der Waals surface area contributed by atoms with Crippen LogP contribution in [0.3, 0.4) is 0 Å². The highest BCUT2D eigenvalue weighted by molar-refractivity contribution is 5.76. The van der Waals surface area contributed by atoms with Crippen LogP contribution in [0.4, 0.5) is 0 Å². The lowest BCUT2D eigenvalue weighted by Gasteiger charge is -2.13. The van der Waals surface area contributed by atoms with Gasteiger partial charge < -0.3 is 0 Å². The number of fused-ring (bicyclic) bond motifs is 2. The van der Waals surface area contributed by atoms with Crippen molar-refractivity contribution in [2.24, 2.45) is 0 Å². The van der Waals surface area contributed by atoms with Gasteiger partial charge in [0.15, 0.2) is 5.65 Å². The van der Waals surface area contributed by atoms with Gasteiger partial charge in [0.05, 0.1) is 5.69 Å². The van der Waals surface area contributed by atoms with Gasteiger partial charge in [0, 0.05) is 29.7 Å². The maximum atomic E-state index is 12.5. The Morgan fingerprint density at radius 2 is 1.95 bits per heavy atom. The molecule has 3 heterocycles. The summed E-state index contributed by atoms with van der Waals surface area (Å²) in [5, 5.41) is 3.03. The summed E-state index contributed by atoms with van der Waals surface area (Å²) < 4.78 is 1.56. The highest BCUT2D eigenvalue weighted by Crippen LogP contribution is 2.24. The molecule has 0 unspecified atom stereocenters. The van der Waals surface area contributed by atoms with E-state index in [1.165, 1.54) is 0 Å². The number of hydrogen-bond acceptors (Lipinski definition) is 3. The average molecular weight is 266 g/mol. The summed E-state index contributed by atoms with van der Waals surface area (Å²) in [5.41, 5.74) is 4.55. The molecule has 0 aliphatic heterocycles. The van der Waals surface area contributed by atoms with Gasteiger partial charge in [-0.25, -0.2) is 9.50 Å². The number of aryl methyl sites for hydroxylation is 1. The van der Waals surface area contributed by atoms with Gasteiger partial charge in [-0.3, -0.25) is 14.9 Å². The Balaban J connectivity index is 2.02. The predicted molar refractivity (Wildman–Crippen MR) is 75.7 cm³/mol. The van der Waals surface area contributed by atoms with Crippen molar-refractivity contribution in [2.45, 2.75) is 25.7 Å². The van der Waals surface area contributed by atoms with Gasteiger partial charge in [-0.2, -0.15) is 0 Å². The van der Waals surface area contributed by atoms with E-state index < -0.39 is 0 Å². The van der Waals surface area contributed by atoms with Crippen LogP contribution in [0, 0.1) is 0 Å². The first-order chi connectivity index (χ1) is 9.84. The normalized spacial score (nSPS) is 14.4. The van der Waals surface area contributed by atoms with Crippen molar-refractivity contribution in [3.63, 3.8) is 0 Å². The maximum Gasteiger partial charge on any atom is 0.276 e. The monoisotopic (exact) mass is 266 g/mol. The minimum Gasteiger partial charge on any atom is -0.296 e. The number of aromatic amines is 1. The van der Waals surface area contributed by atoms with E-state index in [0.29, 0.717) is 5.65 Å². The Morgan fingerprint density at radius 3 is 2.80 bits per heavy atom. The van der Waals surface area contributed by atoms with Gasteiger partial charge >= 0.3 is 0 Å². The zero-order valence-electron chi connectivity index (χ0n) is 11.0. The Hall–Kier alpha value is -2.43. The lowest BCUT2D eigenvalue weighted by molar-refractivity contribution is 0.651. The Kier molecular flexibility index (Phi) is 2.45. The van der Waals surface area contributed by atoms with Crippen LogP contribution in [-0.4, -0.2) is 19.6 Å². The molecular weight excluding hydrogens is 252 g/mol. The molecule has 0 spiro atoms. The Morgan fingerprint density at radius 1 is 1.15 bits per heavy atom. The molecule has 0 saturated carbocycles. The fraction of sp³-hybridized carbons (Fsp3) is 0.267. The molecule has 0 saturated heterocycles. The molecule has 0 bridgehead atoms. The minimum absolute atomic E-state index is 0.0463. The van der Waals surface area contributed by atoms with Gasteiger partial charge in [-0.05, 0) is 43.4 Å². The molecular formula is C15H14N4O. The average Bonchev–Trinajstić information content (AvgIpc) is 2.92. The number of pyridine rings is 1. The van der Waals surface area contributed by atoms with Crippen LogP contribution < -0.4 is 5.56 Å². The molecule has 20 heavy (non-hydrogen) atoms. The standard InChI is InChI=1S/C15H14N4O/c20-15-11-3-1-2-4-13(11)18-14-12(9-17-19(14)15)10-5-7-16-8-6-10/h5-9,17H,1-4H2. The van der Waals surface area contributed by atoms with E-state index in [1.807, 2.05) is 18.3 Å². The van der Waals surface area contributed by atoms with Gasteiger partial charge in [0.25, 0.3) is 5.56 Å². The summed E-state index contributed by atoms with van der Waals surface area (Å²) in [5.74, 6) is 0. The largest absolute Gasteiger partial charge is 0.296 e. The van der Waals surface area contributed by atoms with Crippen LogP contribution in [0.1, 0.15) is 24.1 Å². The van der Waals surface area contributed by atoms with Crippen molar-refractivity contribution >= 4 is 5.65 Å². The molecule has 1 N–H and O–H groups in total. The molecule has 0 amide bonds. The Bertz CT molecular complexity index is 832. The molecule has 4 rings (SSSR count). The third kappa shape index (κ3) is 1.59. The zero-order valence-corrected chi connectivity index (χ0v) is 11.0. The van der Waals surface area contributed by atoms with E-state index in [0.717, 1.165) is 48.1 Å². The van der Waals surface area contributed by atoms with Crippen LogP contribution in [-0.2, 0) is 12.8 Å². The van der Waals surface area contributed by atoms with Crippen molar-refractivity contribution in [2.75, 3.05) is 0 Å².